The predicted molar refractivity (Wildman–Crippen MR) is 61.2 cm³/mol. The Labute approximate surface area is 87.9 Å². The molecule has 0 radical (unpaired) electrons. The average Bonchev–Trinajstić information content (AvgIpc) is 2.49. The van der Waals surface area contributed by atoms with Gasteiger partial charge < -0.3 is 5.73 Å². The molecule has 0 aliphatic carbocycles. The van der Waals surface area contributed by atoms with Crippen LogP contribution < -0.4 is 5.73 Å². The number of thiazole rings is 1. The van der Waals surface area contributed by atoms with Gasteiger partial charge in [0.05, 0.1) is 5.69 Å². The van der Waals surface area contributed by atoms with E-state index in [4.69, 9.17) is 5.73 Å². The smallest absolute Gasteiger partial charge is 0.103 e. The Bertz CT molecular complexity index is 258. The van der Waals surface area contributed by atoms with Crippen molar-refractivity contribution in [3.63, 3.8) is 0 Å². The van der Waals surface area contributed by atoms with Gasteiger partial charge in [-0.25, -0.2) is 4.98 Å². The fourth-order valence-corrected chi connectivity index (χ4v) is 2.90. The number of nitrogens with zero attached hydrogens (tertiary/aromatic N) is 1. The quantitative estimate of drug-likeness (QED) is 0.821. The van der Waals surface area contributed by atoms with Gasteiger partial charge in [-0.2, -0.15) is 11.8 Å². The van der Waals surface area contributed by atoms with Crippen molar-refractivity contribution >= 4 is 23.1 Å². The zero-order chi connectivity index (χ0) is 9.68. The Balaban J connectivity index is 2.77. The van der Waals surface area contributed by atoms with E-state index in [1.54, 1.807) is 11.3 Å². The summed E-state index contributed by atoms with van der Waals surface area (Å²) in [6.07, 6.45) is 4.32. The highest BCUT2D eigenvalue weighted by atomic mass is 32.2. The highest BCUT2D eigenvalue weighted by Gasteiger charge is 2.08. The second-order valence-corrected chi connectivity index (χ2v) is 4.90. The van der Waals surface area contributed by atoms with Crippen LogP contribution in [0.5, 0.6) is 0 Å². The molecule has 2 nitrogen and oxygen atoms in total. The lowest BCUT2D eigenvalue weighted by Gasteiger charge is -1.94. The van der Waals surface area contributed by atoms with Crippen LogP contribution in [0.4, 0.5) is 0 Å². The second kappa shape index (κ2) is 5.62. The van der Waals surface area contributed by atoms with Gasteiger partial charge in [-0.05, 0) is 12.7 Å². The molecule has 0 saturated carbocycles. The first-order valence-electron chi connectivity index (χ1n) is 4.48. The molecule has 4 heteroatoms. The summed E-state index contributed by atoms with van der Waals surface area (Å²) < 4.78 is 0. The van der Waals surface area contributed by atoms with Crippen molar-refractivity contribution in [2.75, 3.05) is 6.26 Å². The minimum Gasteiger partial charge on any atom is -0.326 e. The van der Waals surface area contributed by atoms with Crippen LogP contribution >= 0.6 is 23.1 Å². The monoisotopic (exact) mass is 216 g/mol. The van der Waals surface area contributed by atoms with E-state index in [2.05, 4.69) is 18.2 Å². The van der Waals surface area contributed by atoms with E-state index in [0.29, 0.717) is 6.54 Å². The van der Waals surface area contributed by atoms with E-state index >= 15 is 0 Å². The van der Waals surface area contributed by atoms with Crippen molar-refractivity contribution < 1.29 is 0 Å². The number of hydrogen-bond donors (Lipinski definition) is 1. The summed E-state index contributed by atoms with van der Waals surface area (Å²) in [7, 11) is 0. The topological polar surface area (TPSA) is 38.9 Å². The summed E-state index contributed by atoms with van der Waals surface area (Å²) in [6, 6.07) is 0. The summed E-state index contributed by atoms with van der Waals surface area (Å²) >= 11 is 3.58. The van der Waals surface area contributed by atoms with Crippen molar-refractivity contribution in [1.82, 2.24) is 4.98 Å². The molecule has 0 aliphatic rings. The minimum absolute atomic E-state index is 0.640. The first-order chi connectivity index (χ1) is 6.31. The van der Waals surface area contributed by atoms with Gasteiger partial charge in [-0.1, -0.05) is 13.3 Å². The molecule has 0 saturated heterocycles. The zero-order valence-corrected chi connectivity index (χ0v) is 9.80. The number of nitrogens with two attached hydrogens (primary N) is 1. The SMILES string of the molecule is CCCc1nc(CSC)sc1CN. The summed E-state index contributed by atoms with van der Waals surface area (Å²) in [5, 5.41) is 1.22. The van der Waals surface area contributed by atoms with Crippen LogP contribution in [0, 0.1) is 0 Å². The van der Waals surface area contributed by atoms with E-state index in [0.717, 1.165) is 18.6 Å². The molecule has 1 heterocycles. The van der Waals surface area contributed by atoms with Gasteiger partial charge in [-0.15, -0.1) is 11.3 Å². The molecule has 0 atom stereocenters. The van der Waals surface area contributed by atoms with E-state index in [-0.39, 0.29) is 0 Å². The van der Waals surface area contributed by atoms with Crippen LogP contribution in [-0.2, 0) is 18.7 Å². The molecule has 2 N–H and O–H groups in total. The fourth-order valence-electron chi connectivity index (χ4n) is 1.21. The maximum Gasteiger partial charge on any atom is 0.103 e. The number of aryl methyl sites for hydroxylation is 1. The standard InChI is InChI=1S/C9H16N2S2/c1-3-4-7-8(5-10)13-9(11-7)6-12-2/h3-6,10H2,1-2H3. The van der Waals surface area contributed by atoms with Crippen molar-refractivity contribution in [2.24, 2.45) is 5.73 Å². The summed E-state index contributed by atoms with van der Waals surface area (Å²) in [5.41, 5.74) is 6.88. The van der Waals surface area contributed by atoms with Crippen LogP contribution in [-0.4, -0.2) is 11.2 Å². The van der Waals surface area contributed by atoms with Gasteiger partial charge >= 0.3 is 0 Å². The van der Waals surface area contributed by atoms with E-state index in [1.807, 2.05) is 11.8 Å². The normalized spacial score (nSPS) is 10.7. The summed E-state index contributed by atoms with van der Waals surface area (Å²) in [5.74, 6) is 1.02. The predicted octanol–water partition coefficient (Wildman–Crippen LogP) is 2.42. The molecule has 1 aromatic rings. The maximum atomic E-state index is 5.65. The van der Waals surface area contributed by atoms with E-state index in [9.17, 15) is 0 Å². The van der Waals surface area contributed by atoms with Gasteiger partial charge in [-0.3, -0.25) is 0 Å². The Hall–Kier alpha value is -0.0600. The molecule has 0 spiro atoms. The van der Waals surface area contributed by atoms with Crippen LogP contribution in [0.2, 0.25) is 0 Å². The van der Waals surface area contributed by atoms with Crippen molar-refractivity contribution in [1.29, 1.82) is 0 Å². The lowest BCUT2D eigenvalue weighted by atomic mass is 10.2. The highest BCUT2D eigenvalue weighted by Crippen LogP contribution is 2.22. The molecule has 1 aromatic heterocycles. The Morgan fingerprint density at radius 3 is 2.85 bits per heavy atom. The molecular weight excluding hydrogens is 200 g/mol. The Morgan fingerprint density at radius 2 is 2.31 bits per heavy atom. The van der Waals surface area contributed by atoms with Crippen molar-refractivity contribution in [3.05, 3.63) is 15.6 Å². The minimum atomic E-state index is 0.640. The van der Waals surface area contributed by atoms with Gasteiger partial charge in [0.2, 0.25) is 0 Å². The van der Waals surface area contributed by atoms with E-state index in [1.165, 1.54) is 15.6 Å². The van der Waals surface area contributed by atoms with Gasteiger partial charge in [0.15, 0.2) is 0 Å². The van der Waals surface area contributed by atoms with Crippen LogP contribution in [0.15, 0.2) is 0 Å². The van der Waals surface area contributed by atoms with Crippen LogP contribution in [0.25, 0.3) is 0 Å². The Kier molecular flexibility index (Phi) is 4.77. The van der Waals surface area contributed by atoms with Gasteiger partial charge in [0, 0.05) is 17.2 Å². The number of rotatable bonds is 5. The zero-order valence-electron chi connectivity index (χ0n) is 8.17. The van der Waals surface area contributed by atoms with Gasteiger partial charge in [0.25, 0.3) is 0 Å². The molecule has 74 valence electrons. The number of aromatic nitrogens is 1. The third kappa shape index (κ3) is 2.97. The van der Waals surface area contributed by atoms with Crippen LogP contribution in [0.1, 0.15) is 28.9 Å². The lowest BCUT2D eigenvalue weighted by molar-refractivity contribution is 0.866. The average molecular weight is 216 g/mol. The second-order valence-electron chi connectivity index (χ2n) is 2.86. The van der Waals surface area contributed by atoms with Crippen molar-refractivity contribution in [3.8, 4) is 0 Å². The molecular formula is C9H16N2S2. The Morgan fingerprint density at radius 1 is 1.54 bits per heavy atom. The number of thioether (sulfide) groups is 1. The first-order valence-corrected chi connectivity index (χ1v) is 6.69. The summed E-state index contributed by atoms with van der Waals surface area (Å²) in [4.78, 5) is 5.85. The van der Waals surface area contributed by atoms with Crippen molar-refractivity contribution in [2.45, 2.75) is 32.1 Å². The third-order valence-electron chi connectivity index (χ3n) is 1.76. The molecule has 0 aliphatic heterocycles. The molecule has 0 fully saturated rings. The van der Waals surface area contributed by atoms with E-state index < -0.39 is 0 Å². The first kappa shape index (κ1) is 11.0. The molecule has 1 rings (SSSR count). The highest BCUT2D eigenvalue weighted by molar-refractivity contribution is 7.97. The lowest BCUT2D eigenvalue weighted by Crippen LogP contribution is -1.97. The molecule has 0 aromatic carbocycles. The molecule has 0 bridgehead atoms. The maximum absolute atomic E-state index is 5.65. The number of hydrogen-bond acceptors (Lipinski definition) is 4. The molecule has 13 heavy (non-hydrogen) atoms. The fraction of sp³-hybridized carbons (Fsp3) is 0.667. The van der Waals surface area contributed by atoms with Gasteiger partial charge in [0.1, 0.15) is 5.01 Å². The third-order valence-corrected chi connectivity index (χ3v) is 3.63. The molecule has 0 unspecified atom stereocenters. The largest absolute Gasteiger partial charge is 0.326 e. The molecule has 0 amide bonds. The summed E-state index contributed by atoms with van der Waals surface area (Å²) in [6.45, 7) is 2.81. The van der Waals surface area contributed by atoms with Crippen LogP contribution in [0.3, 0.4) is 0 Å².